The summed E-state index contributed by atoms with van der Waals surface area (Å²) in [5.41, 5.74) is 0.500. The molecule has 2 N–H and O–H groups in total. The van der Waals surface area contributed by atoms with Gasteiger partial charge in [-0.05, 0) is 36.4 Å². The predicted molar refractivity (Wildman–Crippen MR) is 90.9 cm³/mol. The van der Waals surface area contributed by atoms with Crippen LogP contribution in [-0.4, -0.2) is 18.0 Å². The number of methoxy groups -OCH3 is 1. The van der Waals surface area contributed by atoms with Crippen LogP contribution in [0.1, 0.15) is 0 Å². The van der Waals surface area contributed by atoms with E-state index in [1.54, 1.807) is 49.7 Å². The molecule has 116 valence electrons. The lowest BCUT2D eigenvalue weighted by atomic mass is 10.2. The topological polar surface area (TPSA) is 87.0 Å². The summed E-state index contributed by atoms with van der Waals surface area (Å²) in [7, 11) is 1.56. The number of hydrogen-bond donors (Lipinski definition) is 2. The Kier molecular flexibility index (Phi) is 5.72. The van der Waals surface area contributed by atoms with E-state index in [1.807, 2.05) is 6.07 Å². The highest BCUT2D eigenvalue weighted by Crippen LogP contribution is 2.16. The van der Waals surface area contributed by atoms with Crippen molar-refractivity contribution >= 4 is 33.3 Å². The SMILES string of the molecule is COc1ccc(NC(=O)/C(C#N)=C\Nc2cc(Br)ccn2)cc1. The van der Waals surface area contributed by atoms with Crippen LogP contribution in [0, 0.1) is 11.3 Å². The molecule has 0 aliphatic carbocycles. The molecule has 23 heavy (non-hydrogen) atoms. The number of carbonyl (C=O) groups is 1. The van der Waals surface area contributed by atoms with Gasteiger partial charge in [0, 0.05) is 22.6 Å². The molecule has 0 aliphatic rings. The van der Waals surface area contributed by atoms with Crippen LogP contribution in [0.5, 0.6) is 5.75 Å². The number of hydrogen-bond acceptors (Lipinski definition) is 5. The maximum Gasteiger partial charge on any atom is 0.267 e. The second kappa shape index (κ2) is 7.96. The summed E-state index contributed by atoms with van der Waals surface area (Å²) >= 11 is 3.32. The van der Waals surface area contributed by atoms with E-state index in [4.69, 9.17) is 10.00 Å². The molecule has 2 rings (SSSR count). The zero-order chi connectivity index (χ0) is 16.7. The standard InChI is InChI=1S/C16H13BrN4O2/c1-23-14-4-2-13(3-5-14)21-16(22)11(9-18)10-20-15-8-12(17)6-7-19-15/h2-8,10H,1H3,(H,19,20)(H,21,22)/b11-10-. The van der Waals surface area contributed by atoms with E-state index in [9.17, 15) is 4.79 Å². The molecule has 0 spiro atoms. The molecule has 0 fully saturated rings. The van der Waals surface area contributed by atoms with Crippen molar-refractivity contribution < 1.29 is 9.53 Å². The molecule has 0 saturated heterocycles. The number of nitriles is 1. The Balaban J connectivity index is 2.05. The molecule has 0 unspecified atom stereocenters. The Labute approximate surface area is 141 Å². The highest BCUT2D eigenvalue weighted by Gasteiger charge is 2.09. The van der Waals surface area contributed by atoms with Gasteiger partial charge in [-0.2, -0.15) is 5.26 Å². The molecule has 0 aliphatic heterocycles. The first-order valence-corrected chi connectivity index (χ1v) is 7.35. The quantitative estimate of drug-likeness (QED) is 0.620. The molecule has 2 aromatic rings. The third kappa shape index (κ3) is 4.83. The Hall–Kier alpha value is -2.85. The number of rotatable bonds is 5. The van der Waals surface area contributed by atoms with Gasteiger partial charge in [0.2, 0.25) is 0 Å². The van der Waals surface area contributed by atoms with Gasteiger partial charge >= 0.3 is 0 Å². The molecule has 0 saturated carbocycles. The van der Waals surface area contributed by atoms with Gasteiger partial charge in [-0.3, -0.25) is 4.79 Å². The molecule has 0 bridgehead atoms. The lowest BCUT2D eigenvalue weighted by Gasteiger charge is -2.06. The largest absolute Gasteiger partial charge is 0.497 e. The van der Waals surface area contributed by atoms with Crippen LogP contribution in [0.15, 0.2) is 58.8 Å². The Morgan fingerprint density at radius 1 is 1.35 bits per heavy atom. The summed E-state index contributed by atoms with van der Waals surface area (Å²) in [4.78, 5) is 16.2. The molecule has 1 amide bonds. The molecular weight excluding hydrogens is 360 g/mol. The number of ether oxygens (including phenoxy) is 1. The van der Waals surface area contributed by atoms with Gasteiger partial charge < -0.3 is 15.4 Å². The van der Waals surface area contributed by atoms with Crippen molar-refractivity contribution in [2.45, 2.75) is 0 Å². The summed E-state index contributed by atoms with van der Waals surface area (Å²) < 4.78 is 5.88. The molecule has 1 aromatic heterocycles. The maximum absolute atomic E-state index is 12.1. The van der Waals surface area contributed by atoms with E-state index in [2.05, 4.69) is 31.5 Å². The number of amides is 1. The van der Waals surface area contributed by atoms with Crippen LogP contribution in [0.25, 0.3) is 0 Å². The number of anilines is 2. The van der Waals surface area contributed by atoms with E-state index < -0.39 is 5.91 Å². The lowest BCUT2D eigenvalue weighted by Crippen LogP contribution is -2.14. The average Bonchev–Trinajstić information content (AvgIpc) is 2.56. The summed E-state index contributed by atoms with van der Waals surface area (Å²) in [5, 5.41) is 14.6. The first-order chi connectivity index (χ1) is 11.1. The number of nitrogens with one attached hydrogen (secondary N) is 2. The summed E-state index contributed by atoms with van der Waals surface area (Å²) in [6, 6.07) is 12.2. The number of carbonyl (C=O) groups excluding carboxylic acids is 1. The first kappa shape index (κ1) is 16.5. The minimum absolute atomic E-state index is 0.0670. The van der Waals surface area contributed by atoms with Crippen molar-refractivity contribution in [2.24, 2.45) is 0 Å². The number of halogens is 1. The van der Waals surface area contributed by atoms with E-state index >= 15 is 0 Å². The first-order valence-electron chi connectivity index (χ1n) is 6.56. The van der Waals surface area contributed by atoms with Gasteiger partial charge in [-0.25, -0.2) is 4.98 Å². The third-order valence-electron chi connectivity index (χ3n) is 2.80. The normalized spacial score (nSPS) is 10.6. The van der Waals surface area contributed by atoms with Crippen molar-refractivity contribution in [1.29, 1.82) is 5.26 Å². The monoisotopic (exact) mass is 372 g/mol. The smallest absolute Gasteiger partial charge is 0.267 e. The van der Waals surface area contributed by atoms with E-state index in [1.165, 1.54) is 6.20 Å². The minimum Gasteiger partial charge on any atom is -0.497 e. The Morgan fingerprint density at radius 2 is 2.09 bits per heavy atom. The second-order valence-electron chi connectivity index (χ2n) is 4.36. The fourth-order valence-corrected chi connectivity index (χ4v) is 1.99. The predicted octanol–water partition coefficient (Wildman–Crippen LogP) is 3.31. The van der Waals surface area contributed by atoms with Gasteiger partial charge in [-0.15, -0.1) is 0 Å². The molecule has 6 nitrogen and oxygen atoms in total. The van der Waals surface area contributed by atoms with Crippen LogP contribution in [0.4, 0.5) is 11.5 Å². The number of aromatic nitrogens is 1. The fraction of sp³-hybridized carbons (Fsp3) is 0.0625. The Morgan fingerprint density at radius 3 is 2.70 bits per heavy atom. The van der Waals surface area contributed by atoms with Gasteiger partial charge in [0.1, 0.15) is 23.2 Å². The highest BCUT2D eigenvalue weighted by molar-refractivity contribution is 9.10. The van der Waals surface area contributed by atoms with Crippen LogP contribution in [0.3, 0.4) is 0 Å². The minimum atomic E-state index is -0.514. The average molecular weight is 373 g/mol. The van der Waals surface area contributed by atoms with Crippen molar-refractivity contribution in [3.05, 3.63) is 58.8 Å². The van der Waals surface area contributed by atoms with E-state index in [0.29, 0.717) is 17.3 Å². The zero-order valence-corrected chi connectivity index (χ0v) is 13.8. The number of benzene rings is 1. The molecule has 0 radical (unpaired) electrons. The van der Waals surface area contributed by atoms with Crippen molar-refractivity contribution in [3.63, 3.8) is 0 Å². The van der Waals surface area contributed by atoms with Gasteiger partial charge in [0.25, 0.3) is 5.91 Å². The van der Waals surface area contributed by atoms with E-state index in [0.717, 1.165) is 4.47 Å². The zero-order valence-electron chi connectivity index (χ0n) is 12.2. The van der Waals surface area contributed by atoms with Crippen molar-refractivity contribution in [2.75, 3.05) is 17.7 Å². The second-order valence-corrected chi connectivity index (χ2v) is 5.27. The third-order valence-corrected chi connectivity index (χ3v) is 3.29. The molecule has 0 atom stereocenters. The van der Waals surface area contributed by atoms with Crippen molar-refractivity contribution in [3.8, 4) is 11.8 Å². The molecular formula is C16H13BrN4O2. The van der Waals surface area contributed by atoms with Crippen molar-refractivity contribution in [1.82, 2.24) is 4.98 Å². The highest BCUT2D eigenvalue weighted by atomic mass is 79.9. The Bertz CT molecular complexity index is 766. The molecule has 1 aromatic carbocycles. The molecule has 7 heteroatoms. The molecule has 1 heterocycles. The summed E-state index contributed by atoms with van der Waals surface area (Å²) in [6.45, 7) is 0. The lowest BCUT2D eigenvalue weighted by molar-refractivity contribution is -0.112. The maximum atomic E-state index is 12.1. The van der Waals surface area contributed by atoms with Crippen LogP contribution >= 0.6 is 15.9 Å². The fourth-order valence-electron chi connectivity index (χ4n) is 1.65. The van der Waals surface area contributed by atoms with E-state index in [-0.39, 0.29) is 5.57 Å². The number of nitrogens with zero attached hydrogens (tertiary/aromatic N) is 2. The van der Waals surface area contributed by atoms with Gasteiger partial charge in [-0.1, -0.05) is 15.9 Å². The van der Waals surface area contributed by atoms with Gasteiger partial charge in [0.15, 0.2) is 0 Å². The van der Waals surface area contributed by atoms with Crippen LogP contribution in [0.2, 0.25) is 0 Å². The summed E-state index contributed by atoms with van der Waals surface area (Å²) in [6.07, 6.45) is 2.91. The van der Waals surface area contributed by atoms with Gasteiger partial charge in [0.05, 0.1) is 7.11 Å². The van der Waals surface area contributed by atoms with Crippen LogP contribution < -0.4 is 15.4 Å². The number of pyridine rings is 1. The summed E-state index contributed by atoms with van der Waals surface area (Å²) in [5.74, 6) is 0.686. The van der Waals surface area contributed by atoms with Crippen LogP contribution in [-0.2, 0) is 4.79 Å².